The van der Waals surface area contributed by atoms with Crippen LogP contribution in [-0.4, -0.2) is 83.0 Å². The van der Waals surface area contributed by atoms with Crippen LogP contribution in [0.5, 0.6) is 0 Å². The standard InChI is InChI=1S/C35H46O14/c1-13-17(2)32(43)47-28-27(45-21(6)37)19(4)26(44-20(5)36)25-31(46-22(7)38)34(12,48-23(8)39)16-35(25,49-24(9)40)29(41)18(3)14-15-33(10,11)30(28)42/h13-15,18,25-28,31H,4,16H2,1-3,5-12H3/b15-14-,17-13-/t18-,25-,26-,27?,28?,31+,34+,35+/m0/s1. The zero-order valence-electron chi connectivity index (χ0n) is 29.8. The lowest BCUT2D eigenvalue weighted by atomic mass is 9.72. The molecule has 2 aliphatic rings. The molecule has 0 spiro atoms. The van der Waals surface area contributed by atoms with Gasteiger partial charge in [0.25, 0.3) is 0 Å². The highest BCUT2D eigenvalue weighted by Crippen LogP contribution is 2.54. The van der Waals surface area contributed by atoms with E-state index in [1.807, 2.05) is 0 Å². The van der Waals surface area contributed by atoms with Gasteiger partial charge in [-0.15, -0.1) is 0 Å². The fourth-order valence-corrected chi connectivity index (χ4v) is 6.35. The first-order valence-corrected chi connectivity index (χ1v) is 15.7. The van der Waals surface area contributed by atoms with Crippen LogP contribution in [0.2, 0.25) is 0 Å². The first kappa shape index (κ1) is 40.6. The van der Waals surface area contributed by atoms with Crippen LogP contribution in [0.3, 0.4) is 0 Å². The number of ketones is 2. The SMILES string of the molecule is C=C1C(OC(C)=O)C(OC(=O)/C(C)=C\C)C(=O)C(C)(C)/C=C\[C@H](C)C(=O)[C@@]2(OC(C)=O)C[C@@](C)(OC(C)=O)[C@H](OC(C)=O)[C@@H]2[C@H]1OC(C)=O. The van der Waals surface area contributed by atoms with E-state index in [9.17, 15) is 38.4 Å². The third kappa shape index (κ3) is 8.90. The van der Waals surface area contributed by atoms with Gasteiger partial charge in [-0.2, -0.15) is 0 Å². The van der Waals surface area contributed by atoms with Gasteiger partial charge in [0, 0.05) is 63.5 Å². The third-order valence-corrected chi connectivity index (χ3v) is 8.51. The van der Waals surface area contributed by atoms with Gasteiger partial charge in [-0.1, -0.05) is 31.7 Å². The Morgan fingerprint density at radius 3 is 1.71 bits per heavy atom. The largest absolute Gasteiger partial charge is 0.458 e. The van der Waals surface area contributed by atoms with Gasteiger partial charge >= 0.3 is 35.8 Å². The summed E-state index contributed by atoms with van der Waals surface area (Å²) in [5, 5.41) is 0. The molecule has 1 fully saturated rings. The molecule has 0 bridgehead atoms. The molecule has 0 aromatic carbocycles. The number of hydrogen-bond donors (Lipinski definition) is 0. The number of Topliss-reactive ketones (excluding diaryl/α,β-unsaturated/α-hetero) is 2. The predicted molar refractivity (Wildman–Crippen MR) is 170 cm³/mol. The zero-order chi connectivity index (χ0) is 37.8. The summed E-state index contributed by atoms with van der Waals surface area (Å²) in [5.41, 5.74) is -6.04. The van der Waals surface area contributed by atoms with Gasteiger partial charge in [-0.05, 0) is 34.6 Å². The Morgan fingerprint density at radius 1 is 0.735 bits per heavy atom. The maximum absolute atomic E-state index is 14.7. The fourth-order valence-electron chi connectivity index (χ4n) is 6.35. The van der Waals surface area contributed by atoms with Crippen molar-refractivity contribution in [2.75, 3.05) is 0 Å². The van der Waals surface area contributed by atoms with Crippen LogP contribution >= 0.6 is 0 Å². The third-order valence-electron chi connectivity index (χ3n) is 8.51. The minimum atomic E-state index is -2.36. The molecule has 0 N–H and O–H groups in total. The molecule has 270 valence electrons. The van der Waals surface area contributed by atoms with Crippen LogP contribution in [0.1, 0.15) is 82.6 Å². The molecule has 14 nitrogen and oxygen atoms in total. The fraction of sp³-hybridized carbons (Fsp3) is 0.600. The molecule has 0 heterocycles. The molecule has 2 unspecified atom stereocenters. The van der Waals surface area contributed by atoms with Gasteiger partial charge in [-0.25, -0.2) is 4.79 Å². The number of ether oxygens (including phenoxy) is 6. The second kappa shape index (κ2) is 15.3. The molecule has 49 heavy (non-hydrogen) atoms. The lowest BCUT2D eigenvalue weighted by molar-refractivity contribution is -0.191. The van der Waals surface area contributed by atoms with Gasteiger partial charge < -0.3 is 28.4 Å². The Balaban J connectivity index is 3.23. The monoisotopic (exact) mass is 690 g/mol. The predicted octanol–water partition coefficient (Wildman–Crippen LogP) is 3.23. The summed E-state index contributed by atoms with van der Waals surface area (Å²) in [4.78, 5) is 106. The minimum Gasteiger partial charge on any atom is -0.458 e. The Bertz CT molecular complexity index is 1480. The summed E-state index contributed by atoms with van der Waals surface area (Å²) < 4.78 is 34.3. The molecule has 2 rings (SSSR count). The van der Waals surface area contributed by atoms with Crippen molar-refractivity contribution in [1.82, 2.24) is 0 Å². The van der Waals surface area contributed by atoms with E-state index in [1.54, 1.807) is 6.92 Å². The van der Waals surface area contributed by atoms with Gasteiger partial charge in [0.05, 0.1) is 5.92 Å². The molecule has 1 saturated carbocycles. The summed E-state index contributed by atoms with van der Waals surface area (Å²) in [6, 6.07) is 0. The second-order valence-electron chi connectivity index (χ2n) is 13.2. The van der Waals surface area contributed by atoms with Gasteiger partial charge in [0.15, 0.2) is 35.0 Å². The van der Waals surface area contributed by atoms with E-state index in [-0.39, 0.29) is 5.57 Å². The highest BCUT2D eigenvalue weighted by atomic mass is 16.6. The van der Waals surface area contributed by atoms with Crippen molar-refractivity contribution in [2.45, 2.75) is 118 Å². The Kier molecular flexibility index (Phi) is 12.7. The van der Waals surface area contributed by atoms with E-state index < -0.39 is 112 Å². The lowest BCUT2D eigenvalue weighted by Crippen LogP contribution is -2.58. The zero-order valence-corrected chi connectivity index (χ0v) is 29.8. The number of carbonyl (C=O) groups excluding carboxylic acids is 8. The average molecular weight is 691 g/mol. The van der Waals surface area contributed by atoms with E-state index in [0.717, 1.165) is 34.6 Å². The first-order chi connectivity index (χ1) is 22.4. The highest BCUT2D eigenvalue weighted by Gasteiger charge is 2.72. The number of rotatable bonds is 7. The highest BCUT2D eigenvalue weighted by molar-refractivity contribution is 5.97. The molecule has 0 saturated heterocycles. The molecule has 2 aliphatic carbocycles. The second-order valence-corrected chi connectivity index (χ2v) is 13.2. The molecular weight excluding hydrogens is 644 g/mol. The van der Waals surface area contributed by atoms with Crippen LogP contribution in [0.4, 0.5) is 0 Å². The van der Waals surface area contributed by atoms with Crippen LogP contribution in [0.15, 0.2) is 36.0 Å². The topological polar surface area (TPSA) is 192 Å². The minimum absolute atomic E-state index is 0.104. The number of esters is 6. The smallest absolute Gasteiger partial charge is 0.334 e. The van der Waals surface area contributed by atoms with E-state index >= 15 is 0 Å². The normalized spacial score (nSPS) is 32.3. The number of allylic oxidation sites excluding steroid dienone is 3. The quantitative estimate of drug-likeness (QED) is 0.164. The van der Waals surface area contributed by atoms with Crippen LogP contribution < -0.4 is 0 Å². The average Bonchev–Trinajstić information content (AvgIpc) is 3.19. The maximum Gasteiger partial charge on any atom is 0.334 e. The summed E-state index contributed by atoms with van der Waals surface area (Å²) >= 11 is 0. The molecule has 0 aromatic heterocycles. The van der Waals surface area contributed by atoms with Crippen molar-refractivity contribution < 1.29 is 66.8 Å². The molecule has 14 heteroatoms. The molecule has 0 radical (unpaired) electrons. The first-order valence-electron chi connectivity index (χ1n) is 15.7. The summed E-state index contributed by atoms with van der Waals surface area (Å²) in [5.74, 6) is -10.1. The van der Waals surface area contributed by atoms with Crippen molar-refractivity contribution >= 4 is 47.4 Å². The van der Waals surface area contributed by atoms with Crippen LogP contribution in [0.25, 0.3) is 0 Å². The Labute approximate surface area is 285 Å². The molecule has 0 amide bonds. The number of carbonyl (C=O) groups is 8. The summed E-state index contributed by atoms with van der Waals surface area (Å²) in [7, 11) is 0. The van der Waals surface area contributed by atoms with Crippen molar-refractivity contribution in [1.29, 1.82) is 0 Å². The number of fused-ring (bicyclic) bond motifs is 1. The number of hydrogen-bond acceptors (Lipinski definition) is 14. The van der Waals surface area contributed by atoms with Crippen LogP contribution in [-0.2, 0) is 66.8 Å². The summed E-state index contributed by atoms with van der Waals surface area (Å²) in [6.45, 7) is 17.9. The van der Waals surface area contributed by atoms with E-state index in [2.05, 4.69) is 6.58 Å². The van der Waals surface area contributed by atoms with Crippen molar-refractivity contribution in [3.05, 3.63) is 36.0 Å². The Morgan fingerprint density at radius 2 is 1.24 bits per heavy atom. The van der Waals surface area contributed by atoms with Gasteiger partial charge in [0.1, 0.15) is 6.10 Å². The van der Waals surface area contributed by atoms with Crippen molar-refractivity contribution in [3.8, 4) is 0 Å². The van der Waals surface area contributed by atoms with Crippen molar-refractivity contribution in [3.63, 3.8) is 0 Å². The lowest BCUT2D eigenvalue weighted by Gasteiger charge is -2.42. The van der Waals surface area contributed by atoms with E-state index in [0.29, 0.717) is 0 Å². The van der Waals surface area contributed by atoms with Crippen LogP contribution in [0, 0.1) is 17.3 Å². The molecule has 0 aromatic rings. The maximum atomic E-state index is 14.7. The van der Waals surface area contributed by atoms with E-state index in [1.165, 1.54) is 52.8 Å². The summed E-state index contributed by atoms with van der Waals surface area (Å²) in [6.07, 6.45) is -3.71. The van der Waals surface area contributed by atoms with E-state index in [4.69, 9.17) is 28.4 Å². The molecule has 0 aliphatic heterocycles. The molecule has 8 atom stereocenters. The Hall–Kier alpha value is -4.62. The molecular formula is C35H46O14. The van der Waals surface area contributed by atoms with Gasteiger partial charge in [0.2, 0.25) is 6.10 Å². The van der Waals surface area contributed by atoms with Crippen molar-refractivity contribution in [2.24, 2.45) is 17.3 Å². The van der Waals surface area contributed by atoms with Gasteiger partial charge in [-0.3, -0.25) is 33.6 Å².